The molecule has 1 saturated heterocycles. The van der Waals surface area contributed by atoms with E-state index in [1.54, 1.807) is 0 Å². The second-order valence-electron chi connectivity index (χ2n) is 5.75. The summed E-state index contributed by atoms with van der Waals surface area (Å²) in [6, 6.07) is 9.34. The Morgan fingerprint density at radius 2 is 1.54 bits per heavy atom. The second kappa shape index (κ2) is 7.17. The Kier molecular flexibility index (Phi) is 4.99. The standard InChI is InChI=1S/C17H17F4N3/c18-13-15(14(19)17(21)23-16(13)20)22-10-12(24-8-4-5-9-24)11-6-2-1-3-7-11/h1-3,6-7,12H,4-5,8-10H2,(H,22,23). The monoisotopic (exact) mass is 339 g/mol. The van der Waals surface area contributed by atoms with Crippen molar-refractivity contribution in [3.63, 3.8) is 0 Å². The average Bonchev–Trinajstić information content (AvgIpc) is 3.11. The van der Waals surface area contributed by atoms with Crippen molar-refractivity contribution < 1.29 is 17.6 Å². The Hall–Kier alpha value is -2.15. The van der Waals surface area contributed by atoms with Crippen molar-refractivity contribution in [2.45, 2.75) is 18.9 Å². The van der Waals surface area contributed by atoms with E-state index in [1.165, 1.54) is 0 Å². The molecule has 1 aromatic heterocycles. The van der Waals surface area contributed by atoms with Gasteiger partial charge in [0.05, 0.1) is 6.04 Å². The summed E-state index contributed by atoms with van der Waals surface area (Å²) >= 11 is 0. The maximum atomic E-state index is 13.8. The van der Waals surface area contributed by atoms with Gasteiger partial charge in [-0.25, -0.2) is 0 Å². The molecule has 2 aromatic rings. The summed E-state index contributed by atoms with van der Waals surface area (Å²) in [6.45, 7) is 1.86. The molecule has 2 heterocycles. The van der Waals surface area contributed by atoms with Gasteiger partial charge in [0, 0.05) is 6.54 Å². The van der Waals surface area contributed by atoms with E-state index in [9.17, 15) is 17.6 Å². The number of nitrogens with one attached hydrogen (secondary N) is 1. The summed E-state index contributed by atoms with van der Waals surface area (Å²) in [7, 11) is 0. The summed E-state index contributed by atoms with van der Waals surface area (Å²) in [5, 5.41) is 2.53. The zero-order valence-electron chi connectivity index (χ0n) is 12.9. The van der Waals surface area contributed by atoms with Gasteiger partial charge >= 0.3 is 0 Å². The predicted octanol–water partition coefficient (Wildman–Crippen LogP) is 3.89. The van der Waals surface area contributed by atoms with Crippen molar-refractivity contribution in [1.82, 2.24) is 9.88 Å². The van der Waals surface area contributed by atoms with Gasteiger partial charge in [-0.1, -0.05) is 30.3 Å². The Bertz CT molecular complexity index is 676. The zero-order chi connectivity index (χ0) is 17.1. The lowest BCUT2D eigenvalue weighted by atomic mass is 10.1. The average molecular weight is 339 g/mol. The van der Waals surface area contributed by atoms with Crippen LogP contribution in [0.1, 0.15) is 24.4 Å². The van der Waals surface area contributed by atoms with Crippen molar-refractivity contribution >= 4 is 5.69 Å². The number of nitrogens with zero attached hydrogens (tertiary/aromatic N) is 2. The van der Waals surface area contributed by atoms with Crippen LogP contribution in [0.3, 0.4) is 0 Å². The third-order valence-electron chi connectivity index (χ3n) is 4.24. The summed E-state index contributed by atoms with van der Waals surface area (Å²) in [4.78, 5) is 4.75. The Balaban J connectivity index is 1.84. The van der Waals surface area contributed by atoms with Crippen LogP contribution in [0.5, 0.6) is 0 Å². The fourth-order valence-electron chi connectivity index (χ4n) is 3.03. The molecule has 1 N–H and O–H groups in total. The smallest absolute Gasteiger partial charge is 0.253 e. The molecule has 1 atom stereocenters. The van der Waals surface area contributed by atoms with Crippen LogP contribution in [0.25, 0.3) is 0 Å². The van der Waals surface area contributed by atoms with Gasteiger partial charge in [-0.3, -0.25) is 4.90 Å². The van der Waals surface area contributed by atoms with Crippen molar-refractivity contribution in [3.05, 3.63) is 59.4 Å². The first kappa shape index (κ1) is 16.7. The van der Waals surface area contributed by atoms with Crippen LogP contribution in [-0.4, -0.2) is 29.5 Å². The fraction of sp³-hybridized carbons (Fsp3) is 0.353. The molecule has 24 heavy (non-hydrogen) atoms. The number of likely N-dealkylation sites (tertiary alicyclic amines) is 1. The van der Waals surface area contributed by atoms with Crippen molar-refractivity contribution in [1.29, 1.82) is 0 Å². The normalized spacial score (nSPS) is 16.3. The quantitative estimate of drug-likeness (QED) is 0.662. The first-order chi connectivity index (χ1) is 11.6. The molecule has 1 aliphatic heterocycles. The van der Waals surface area contributed by atoms with Crippen LogP contribution in [0.15, 0.2) is 30.3 Å². The minimum atomic E-state index is -1.66. The van der Waals surface area contributed by atoms with Crippen molar-refractivity contribution in [2.75, 3.05) is 25.0 Å². The van der Waals surface area contributed by atoms with E-state index in [2.05, 4.69) is 15.2 Å². The molecule has 0 saturated carbocycles. The molecule has 1 aromatic carbocycles. The number of halogens is 4. The third kappa shape index (κ3) is 3.36. The number of anilines is 1. The molecular formula is C17H17F4N3. The number of benzene rings is 1. The highest BCUT2D eigenvalue weighted by Gasteiger charge is 2.26. The van der Waals surface area contributed by atoms with Crippen LogP contribution in [-0.2, 0) is 0 Å². The summed E-state index contributed by atoms with van der Waals surface area (Å²) in [6.07, 6.45) is 2.09. The van der Waals surface area contributed by atoms with Crippen molar-refractivity contribution in [3.8, 4) is 0 Å². The lowest BCUT2D eigenvalue weighted by molar-refractivity contribution is 0.255. The molecule has 0 aliphatic carbocycles. The number of pyridine rings is 1. The highest BCUT2D eigenvalue weighted by atomic mass is 19.2. The van der Waals surface area contributed by atoms with Gasteiger partial charge < -0.3 is 5.32 Å². The minimum Gasteiger partial charge on any atom is -0.378 e. The summed E-state index contributed by atoms with van der Waals surface area (Å²) in [5.74, 6) is -6.34. The van der Waals surface area contributed by atoms with Gasteiger partial charge in [-0.2, -0.15) is 22.5 Å². The van der Waals surface area contributed by atoms with E-state index >= 15 is 0 Å². The number of rotatable bonds is 5. The van der Waals surface area contributed by atoms with Crippen LogP contribution in [0.4, 0.5) is 23.2 Å². The SMILES string of the molecule is Fc1nc(F)c(F)c(NCC(c2ccccc2)N2CCCC2)c1F. The molecule has 7 heteroatoms. The van der Waals surface area contributed by atoms with Crippen LogP contribution >= 0.6 is 0 Å². The van der Waals surface area contributed by atoms with Crippen LogP contribution in [0.2, 0.25) is 0 Å². The van der Waals surface area contributed by atoms with Gasteiger partial charge in [0.25, 0.3) is 11.9 Å². The molecular weight excluding hydrogens is 322 g/mol. The highest BCUT2D eigenvalue weighted by Crippen LogP contribution is 2.27. The highest BCUT2D eigenvalue weighted by molar-refractivity contribution is 5.45. The van der Waals surface area contributed by atoms with E-state index in [0.29, 0.717) is 0 Å². The fourth-order valence-corrected chi connectivity index (χ4v) is 3.03. The van der Waals surface area contributed by atoms with Crippen LogP contribution < -0.4 is 5.32 Å². The first-order valence-electron chi connectivity index (χ1n) is 7.80. The number of hydrogen-bond donors (Lipinski definition) is 1. The lowest BCUT2D eigenvalue weighted by Gasteiger charge is -2.28. The van der Waals surface area contributed by atoms with E-state index in [-0.39, 0.29) is 12.6 Å². The molecule has 0 spiro atoms. The Morgan fingerprint density at radius 1 is 0.958 bits per heavy atom. The predicted molar refractivity (Wildman–Crippen MR) is 82.5 cm³/mol. The summed E-state index contributed by atoms with van der Waals surface area (Å²) in [5.41, 5.74) is 0.155. The van der Waals surface area contributed by atoms with E-state index in [1.807, 2.05) is 30.3 Å². The molecule has 1 fully saturated rings. The van der Waals surface area contributed by atoms with Gasteiger partial charge in [-0.15, -0.1) is 0 Å². The van der Waals surface area contributed by atoms with E-state index in [4.69, 9.17) is 0 Å². The molecule has 3 nitrogen and oxygen atoms in total. The van der Waals surface area contributed by atoms with Gasteiger partial charge in [0.15, 0.2) is 0 Å². The maximum Gasteiger partial charge on any atom is 0.253 e. The second-order valence-corrected chi connectivity index (χ2v) is 5.75. The van der Waals surface area contributed by atoms with Crippen LogP contribution in [0, 0.1) is 23.5 Å². The van der Waals surface area contributed by atoms with Gasteiger partial charge in [0.1, 0.15) is 5.69 Å². The minimum absolute atomic E-state index is 0.126. The molecule has 3 rings (SSSR count). The Labute approximate surface area is 137 Å². The van der Waals surface area contributed by atoms with Gasteiger partial charge in [0.2, 0.25) is 11.6 Å². The molecule has 1 unspecified atom stereocenters. The van der Waals surface area contributed by atoms with Gasteiger partial charge in [-0.05, 0) is 31.5 Å². The molecule has 0 bridgehead atoms. The Morgan fingerprint density at radius 3 is 2.12 bits per heavy atom. The van der Waals surface area contributed by atoms with Crippen molar-refractivity contribution in [2.24, 2.45) is 0 Å². The lowest BCUT2D eigenvalue weighted by Crippen LogP contribution is -2.31. The first-order valence-corrected chi connectivity index (χ1v) is 7.80. The molecule has 0 amide bonds. The molecule has 128 valence electrons. The topological polar surface area (TPSA) is 28.2 Å². The number of aromatic nitrogens is 1. The summed E-state index contributed by atoms with van der Waals surface area (Å²) < 4.78 is 54.0. The largest absolute Gasteiger partial charge is 0.378 e. The molecule has 1 aliphatic rings. The number of hydrogen-bond acceptors (Lipinski definition) is 3. The molecule has 0 radical (unpaired) electrons. The zero-order valence-corrected chi connectivity index (χ0v) is 12.9. The maximum absolute atomic E-state index is 13.8. The van der Waals surface area contributed by atoms with E-state index in [0.717, 1.165) is 31.5 Å². The van der Waals surface area contributed by atoms with E-state index < -0.39 is 29.2 Å². The third-order valence-corrected chi connectivity index (χ3v) is 4.24.